The van der Waals surface area contributed by atoms with Gasteiger partial charge in [0.15, 0.2) is 0 Å². The smallest absolute Gasteiger partial charge is 0.273 e. The maximum atomic E-state index is 12.4. The van der Waals surface area contributed by atoms with Crippen molar-refractivity contribution in [2.75, 3.05) is 13.1 Å². The molecule has 0 spiro atoms. The van der Waals surface area contributed by atoms with Gasteiger partial charge in [0, 0.05) is 41.0 Å². The molecule has 2 heterocycles. The Hall–Kier alpha value is -1.30. The van der Waals surface area contributed by atoms with E-state index in [2.05, 4.69) is 4.98 Å². The highest BCUT2D eigenvalue weighted by Gasteiger charge is 2.28. The van der Waals surface area contributed by atoms with Gasteiger partial charge >= 0.3 is 0 Å². The van der Waals surface area contributed by atoms with E-state index >= 15 is 0 Å². The first-order valence-electron chi connectivity index (χ1n) is 7.40. The first kappa shape index (κ1) is 16.6. The Morgan fingerprint density at radius 3 is 2.87 bits per heavy atom. The van der Waals surface area contributed by atoms with Gasteiger partial charge in [-0.3, -0.25) is 4.79 Å². The third-order valence-corrected chi connectivity index (χ3v) is 5.19. The summed E-state index contributed by atoms with van der Waals surface area (Å²) in [5, 5.41) is 3.75. The van der Waals surface area contributed by atoms with Gasteiger partial charge in [0.1, 0.15) is 6.10 Å². The summed E-state index contributed by atoms with van der Waals surface area (Å²) in [6, 6.07) is 5.39. The predicted octanol–water partition coefficient (Wildman–Crippen LogP) is 4.06. The number of likely N-dealkylation sites (tertiary alicyclic amines) is 1. The van der Waals surface area contributed by atoms with Gasteiger partial charge in [0.05, 0.1) is 6.54 Å². The van der Waals surface area contributed by atoms with Gasteiger partial charge < -0.3 is 9.64 Å². The number of nitrogens with zero attached hydrogens (tertiary/aromatic N) is 2. The lowest BCUT2D eigenvalue weighted by molar-refractivity contribution is -0.130. The summed E-state index contributed by atoms with van der Waals surface area (Å²) in [6.07, 6.45) is 3.51. The average Bonchev–Trinajstić information content (AvgIpc) is 3.19. The fraction of sp³-hybridized carbons (Fsp3) is 0.375. The van der Waals surface area contributed by atoms with Crippen LogP contribution in [0.15, 0.2) is 29.8 Å². The molecule has 23 heavy (non-hydrogen) atoms. The average molecular weight is 371 g/mol. The first-order valence-corrected chi connectivity index (χ1v) is 9.04. The molecule has 0 bridgehead atoms. The number of halogens is 2. The lowest BCUT2D eigenvalue weighted by atomic mass is 10.1. The summed E-state index contributed by atoms with van der Waals surface area (Å²) in [7, 11) is 0. The van der Waals surface area contributed by atoms with Crippen LogP contribution in [0.4, 0.5) is 0 Å². The molecule has 1 aliphatic rings. The zero-order valence-electron chi connectivity index (χ0n) is 12.4. The van der Waals surface area contributed by atoms with Gasteiger partial charge in [-0.05, 0) is 24.1 Å². The molecule has 0 N–H and O–H groups in total. The van der Waals surface area contributed by atoms with Crippen LogP contribution in [0.25, 0.3) is 0 Å². The third kappa shape index (κ3) is 4.16. The highest BCUT2D eigenvalue weighted by Crippen LogP contribution is 2.26. The molecule has 4 nitrogen and oxygen atoms in total. The van der Waals surface area contributed by atoms with Crippen LogP contribution in [-0.4, -0.2) is 35.0 Å². The largest absolute Gasteiger partial charge is 0.465 e. The quantitative estimate of drug-likeness (QED) is 0.796. The first-order chi connectivity index (χ1) is 11.1. The van der Waals surface area contributed by atoms with Crippen LogP contribution in [0.2, 0.25) is 10.0 Å². The van der Waals surface area contributed by atoms with Gasteiger partial charge in [0.2, 0.25) is 5.91 Å². The highest BCUT2D eigenvalue weighted by molar-refractivity contribution is 7.11. The van der Waals surface area contributed by atoms with E-state index in [1.165, 1.54) is 11.3 Å². The number of benzene rings is 1. The van der Waals surface area contributed by atoms with Crippen molar-refractivity contribution in [1.29, 1.82) is 0 Å². The summed E-state index contributed by atoms with van der Waals surface area (Å²) in [6.45, 7) is 1.32. The standard InChI is InChI=1S/C16H16Cl2N2O2S/c17-13-2-1-3-14(18)12(13)4-5-15(21)20-8-6-11(10-20)22-16-19-7-9-23-16/h1-3,7,9,11H,4-6,8,10H2. The zero-order chi connectivity index (χ0) is 16.2. The van der Waals surface area contributed by atoms with Crippen LogP contribution >= 0.6 is 34.5 Å². The molecule has 1 aromatic heterocycles. The maximum Gasteiger partial charge on any atom is 0.273 e. The number of rotatable bonds is 5. The van der Waals surface area contributed by atoms with Crippen LogP contribution < -0.4 is 4.74 Å². The van der Waals surface area contributed by atoms with Crippen molar-refractivity contribution in [3.05, 3.63) is 45.4 Å². The molecule has 0 saturated carbocycles. The van der Waals surface area contributed by atoms with Gasteiger partial charge in [-0.1, -0.05) is 40.6 Å². The van der Waals surface area contributed by atoms with Crippen molar-refractivity contribution < 1.29 is 9.53 Å². The van der Waals surface area contributed by atoms with Gasteiger partial charge in [-0.25, -0.2) is 4.98 Å². The van der Waals surface area contributed by atoms with Crippen LogP contribution in [0.1, 0.15) is 18.4 Å². The minimum Gasteiger partial charge on any atom is -0.465 e. The van der Waals surface area contributed by atoms with Crippen LogP contribution in [0, 0.1) is 0 Å². The molecule has 1 unspecified atom stereocenters. The molecule has 1 saturated heterocycles. The highest BCUT2D eigenvalue weighted by atomic mass is 35.5. The molecule has 7 heteroatoms. The number of ether oxygens (including phenoxy) is 1. The SMILES string of the molecule is O=C(CCc1c(Cl)cccc1Cl)N1CCC(Oc2nccs2)C1. The molecule has 1 amide bonds. The Morgan fingerprint density at radius 1 is 1.39 bits per heavy atom. The summed E-state index contributed by atoms with van der Waals surface area (Å²) in [4.78, 5) is 18.3. The van der Waals surface area contributed by atoms with Gasteiger partial charge in [-0.2, -0.15) is 0 Å². The number of thiazole rings is 1. The van der Waals surface area contributed by atoms with E-state index in [9.17, 15) is 4.79 Å². The summed E-state index contributed by atoms with van der Waals surface area (Å²) < 4.78 is 5.77. The van der Waals surface area contributed by atoms with E-state index in [0.29, 0.717) is 41.2 Å². The van der Waals surface area contributed by atoms with Crippen LogP contribution in [0.5, 0.6) is 5.19 Å². The number of hydrogen-bond acceptors (Lipinski definition) is 4. The Balaban J connectivity index is 1.51. The van der Waals surface area contributed by atoms with Crippen molar-refractivity contribution in [2.24, 2.45) is 0 Å². The van der Waals surface area contributed by atoms with Gasteiger partial charge in [0.25, 0.3) is 5.19 Å². The summed E-state index contributed by atoms with van der Waals surface area (Å²) in [5.74, 6) is 0.103. The Labute approximate surface area is 149 Å². The Morgan fingerprint density at radius 2 is 2.17 bits per heavy atom. The molecule has 1 atom stereocenters. The molecule has 0 aliphatic carbocycles. The van der Waals surface area contributed by atoms with E-state index in [-0.39, 0.29) is 12.0 Å². The number of carbonyl (C=O) groups excluding carboxylic acids is 1. The van der Waals surface area contributed by atoms with Crippen molar-refractivity contribution in [1.82, 2.24) is 9.88 Å². The van der Waals surface area contributed by atoms with Crippen molar-refractivity contribution in [3.8, 4) is 5.19 Å². The normalized spacial score (nSPS) is 17.5. The van der Waals surface area contributed by atoms with Crippen molar-refractivity contribution in [2.45, 2.75) is 25.4 Å². The predicted molar refractivity (Wildman–Crippen MR) is 92.5 cm³/mol. The fourth-order valence-electron chi connectivity index (χ4n) is 2.62. The molecular weight excluding hydrogens is 355 g/mol. The summed E-state index contributed by atoms with van der Waals surface area (Å²) in [5.41, 5.74) is 0.832. The third-order valence-electron chi connectivity index (χ3n) is 3.83. The minimum atomic E-state index is 0.0222. The Kier molecular flexibility index (Phi) is 5.41. The number of carbonyl (C=O) groups is 1. The van der Waals surface area contributed by atoms with E-state index < -0.39 is 0 Å². The number of hydrogen-bond donors (Lipinski definition) is 0. The fourth-order valence-corrected chi connectivity index (χ4v) is 3.76. The van der Waals surface area contributed by atoms with Crippen molar-refractivity contribution in [3.63, 3.8) is 0 Å². The number of aromatic nitrogens is 1. The zero-order valence-corrected chi connectivity index (χ0v) is 14.7. The second kappa shape index (κ2) is 7.51. The number of amides is 1. The van der Waals surface area contributed by atoms with E-state index in [1.54, 1.807) is 24.4 Å². The lowest BCUT2D eigenvalue weighted by Gasteiger charge is -2.17. The molecule has 1 fully saturated rings. The summed E-state index contributed by atoms with van der Waals surface area (Å²) >= 11 is 13.7. The van der Waals surface area contributed by atoms with Gasteiger partial charge in [-0.15, -0.1) is 0 Å². The molecular formula is C16H16Cl2N2O2S. The second-order valence-corrected chi connectivity index (χ2v) is 7.04. The van der Waals surface area contributed by atoms with Crippen LogP contribution in [-0.2, 0) is 11.2 Å². The Bertz CT molecular complexity index is 658. The minimum absolute atomic E-state index is 0.0222. The van der Waals surface area contributed by atoms with Crippen LogP contribution in [0.3, 0.4) is 0 Å². The molecule has 1 aliphatic heterocycles. The monoisotopic (exact) mass is 370 g/mol. The molecule has 122 valence electrons. The molecule has 2 aromatic rings. The molecule has 3 rings (SSSR count). The van der Waals surface area contributed by atoms with E-state index in [0.717, 1.165) is 12.0 Å². The molecule has 1 aromatic carbocycles. The van der Waals surface area contributed by atoms with E-state index in [4.69, 9.17) is 27.9 Å². The van der Waals surface area contributed by atoms with E-state index in [1.807, 2.05) is 10.3 Å². The second-order valence-electron chi connectivity index (χ2n) is 5.37. The van der Waals surface area contributed by atoms with Crippen molar-refractivity contribution >= 4 is 40.4 Å². The maximum absolute atomic E-state index is 12.4. The topological polar surface area (TPSA) is 42.4 Å². The molecule has 0 radical (unpaired) electrons. The lowest BCUT2D eigenvalue weighted by Crippen LogP contribution is -2.31.